The molecular weight excluding hydrogens is 284 g/mol. The summed E-state index contributed by atoms with van der Waals surface area (Å²) in [4.78, 5) is 0. The smallest absolute Gasteiger partial charge is 0.126 e. The van der Waals surface area contributed by atoms with E-state index in [1.807, 2.05) is 0 Å². The molecule has 0 aliphatic carbocycles. The summed E-state index contributed by atoms with van der Waals surface area (Å²) in [5, 5.41) is 0. The predicted molar refractivity (Wildman–Crippen MR) is 99.7 cm³/mol. The van der Waals surface area contributed by atoms with Crippen LogP contribution in [0.5, 0.6) is 11.5 Å². The van der Waals surface area contributed by atoms with Gasteiger partial charge in [0.15, 0.2) is 0 Å². The Bertz CT molecular complexity index is 524. The lowest BCUT2D eigenvalue weighted by molar-refractivity contribution is 0.386. The molecule has 1 aromatic rings. The van der Waals surface area contributed by atoms with Crippen LogP contribution < -0.4 is 9.47 Å². The van der Waals surface area contributed by atoms with Gasteiger partial charge < -0.3 is 9.47 Å². The molecule has 0 N–H and O–H groups in total. The van der Waals surface area contributed by atoms with Crippen LogP contribution in [-0.2, 0) is 12.8 Å². The van der Waals surface area contributed by atoms with Crippen LogP contribution in [0.15, 0.2) is 35.4 Å². The highest BCUT2D eigenvalue weighted by Gasteiger charge is 2.11. The minimum absolute atomic E-state index is 0.847. The lowest BCUT2D eigenvalue weighted by Crippen LogP contribution is -1.99. The molecule has 0 aliphatic rings. The van der Waals surface area contributed by atoms with Gasteiger partial charge in [-0.15, -0.1) is 0 Å². The highest BCUT2D eigenvalue weighted by Crippen LogP contribution is 2.32. The van der Waals surface area contributed by atoms with Gasteiger partial charge in [0.1, 0.15) is 11.5 Å². The van der Waals surface area contributed by atoms with Gasteiger partial charge in [-0.1, -0.05) is 36.6 Å². The molecule has 2 heteroatoms. The number of aryl methyl sites for hydroxylation is 1. The van der Waals surface area contributed by atoms with E-state index in [-0.39, 0.29) is 0 Å². The number of hydrogen-bond acceptors (Lipinski definition) is 2. The fraction of sp³-hybridized carbons (Fsp3) is 0.524. The van der Waals surface area contributed by atoms with Crippen molar-refractivity contribution in [1.29, 1.82) is 0 Å². The molecular formula is C21H32O2. The Hall–Kier alpha value is -1.70. The summed E-state index contributed by atoms with van der Waals surface area (Å²) >= 11 is 0. The molecule has 1 rings (SSSR count). The Morgan fingerprint density at radius 3 is 2.09 bits per heavy atom. The van der Waals surface area contributed by atoms with Crippen LogP contribution in [0.1, 0.15) is 58.1 Å². The molecule has 0 radical (unpaired) electrons. The van der Waals surface area contributed by atoms with E-state index in [1.165, 1.54) is 16.7 Å². The van der Waals surface area contributed by atoms with Crippen LogP contribution in [-0.4, -0.2) is 14.2 Å². The number of benzene rings is 1. The Morgan fingerprint density at radius 2 is 1.61 bits per heavy atom. The number of rotatable bonds is 9. The summed E-state index contributed by atoms with van der Waals surface area (Å²) in [6, 6.07) is 4.29. The van der Waals surface area contributed by atoms with E-state index in [2.05, 4.69) is 52.0 Å². The monoisotopic (exact) mass is 316 g/mol. The molecule has 0 aromatic heterocycles. The first kappa shape index (κ1) is 19.3. The van der Waals surface area contributed by atoms with Gasteiger partial charge in [0, 0.05) is 5.56 Å². The van der Waals surface area contributed by atoms with Crippen LogP contribution in [0.4, 0.5) is 0 Å². The van der Waals surface area contributed by atoms with Gasteiger partial charge in [-0.2, -0.15) is 0 Å². The van der Waals surface area contributed by atoms with Crippen LogP contribution in [0.3, 0.4) is 0 Å². The SMILES string of the molecule is CCCc1cc(OC)c(C/C=C(\C)CCC=C(C)C)c(OC)c1. The molecule has 0 heterocycles. The largest absolute Gasteiger partial charge is 0.496 e. The molecule has 0 saturated heterocycles. The van der Waals surface area contributed by atoms with Gasteiger partial charge in [-0.25, -0.2) is 0 Å². The molecule has 23 heavy (non-hydrogen) atoms. The van der Waals surface area contributed by atoms with Crippen molar-refractivity contribution in [2.45, 2.75) is 59.8 Å². The highest BCUT2D eigenvalue weighted by atomic mass is 16.5. The van der Waals surface area contributed by atoms with Crippen molar-refractivity contribution < 1.29 is 9.47 Å². The van der Waals surface area contributed by atoms with E-state index in [0.717, 1.165) is 49.2 Å². The Labute approximate surface area is 142 Å². The molecule has 0 bridgehead atoms. The maximum atomic E-state index is 5.60. The molecule has 128 valence electrons. The first-order valence-corrected chi connectivity index (χ1v) is 8.54. The maximum Gasteiger partial charge on any atom is 0.126 e. The van der Waals surface area contributed by atoms with Crippen molar-refractivity contribution >= 4 is 0 Å². The molecule has 0 amide bonds. The van der Waals surface area contributed by atoms with Gasteiger partial charge in [0.25, 0.3) is 0 Å². The van der Waals surface area contributed by atoms with Gasteiger partial charge in [0.2, 0.25) is 0 Å². The van der Waals surface area contributed by atoms with Crippen molar-refractivity contribution in [3.05, 3.63) is 46.6 Å². The second-order valence-electron chi connectivity index (χ2n) is 6.30. The molecule has 0 fully saturated rings. The van der Waals surface area contributed by atoms with Gasteiger partial charge in [0.05, 0.1) is 14.2 Å². The van der Waals surface area contributed by atoms with Gasteiger partial charge in [-0.05, 0) is 64.2 Å². The van der Waals surface area contributed by atoms with Crippen LogP contribution in [0.2, 0.25) is 0 Å². The summed E-state index contributed by atoms with van der Waals surface area (Å²) in [5.74, 6) is 1.86. The lowest BCUT2D eigenvalue weighted by atomic mass is 10.0. The first-order valence-electron chi connectivity index (χ1n) is 8.54. The Morgan fingerprint density at radius 1 is 1.00 bits per heavy atom. The van der Waals surface area contributed by atoms with Gasteiger partial charge in [-0.3, -0.25) is 0 Å². The van der Waals surface area contributed by atoms with Crippen LogP contribution in [0.25, 0.3) is 0 Å². The standard InChI is InChI=1S/C21H32O2/c1-7-9-18-14-20(22-5)19(21(15-18)23-6)13-12-17(4)11-8-10-16(2)3/h10,12,14-15H,7-9,11,13H2,1-6H3/b17-12+. The molecule has 0 atom stereocenters. The van der Waals surface area contributed by atoms with Crippen LogP contribution in [0, 0.1) is 0 Å². The van der Waals surface area contributed by atoms with E-state index < -0.39 is 0 Å². The third-order valence-electron chi connectivity index (χ3n) is 3.95. The van der Waals surface area contributed by atoms with E-state index in [0.29, 0.717) is 0 Å². The molecule has 0 spiro atoms. The molecule has 1 aromatic carbocycles. The first-order chi connectivity index (χ1) is 11.0. The zero-order valence-electron chi connectivity index (χ0n) is 15.7. The second-order valence-corrected chi connectivity index (χ2v) is 6.30. The fourth-order valence-corrected chi connectivity index (χ4v) is 2.64. The average Bonchev–Trinajstić information content (AvgIpc) is 2.52. The number of ether oxygens (including phenoxy) is 2. The Balaban J connectivity index is 2.91. The van der Waals surface area contributed by atoms with E-state index in [1.54, 1.807) is 14.2 Å². The summed E-state index contributed by atoms with van der Waals surface area (Å²) in [7, 11) is 3.47. The number of allylic oxidation sites excluding steroid dienone is 4. The van der Waals surface area contributed by atoms with Crippen molar-refractivity contribution in [3.63, 3.8) is 0 Å². The van der Waals surface area contributed by atoms with E-state index in [9.17, 15) is 0 Å². The summed E-state index contributed by atoms with van der Waals surface area (Å²) < 4.78 is 11.2. The van der Waals surface area contributed by atoms with Crippen LogP contribution >= 0.6 is 0 Å². The zero-order valence-corrected chi connectivity index (χ0v) is 15.7. The third kappa shape index (κ3) is 6.52. The van der Waals surface area contributed by atoms with E-state index in [4.69, 9.17) is 9.47 Å². The molecule has 0 aliphatic heterocycles. The average molecular weight is 316 g/mol. The summed E-state index contributed by atoms with van der Waals surface area (Å²) in [6.45, 7) is 8.67. The summed E-state index contributed by atoms with van der Waals surface area (Å²) in [6.07, 6.45) is 9.80. The quantitative estimate of drug-likeness (QED) is 0.529. The Kier molecular flexibility index (Phi) is 8.53. The molecule has 0 unspecified atom stereocenters. The third-order valence-corrected chi connectivity index (χ3v) is 3.95. The summed E-state index contributed by atoms with van der Waals surface area (Å²) in [5.41, 5.74) is 5.20. The number of methoxy groups -OCH3 is 2. The predicted octanol–water partition coefficient (Wildman–Crippen LogP) is 5.89. The topological polar surface area (TPSA) is 18.5 Å². The van der Waals surface area contributed by atoms with Crippen molar-refractivity contribution in [3.8, 4) is 11.5 Å². The van der Waals surface area contributed by atoms with Crippen molar-refractivity contribution in [2.24, 2.45) is 0 Å². The van der Waals surface area contributed by atoms with Gasteiger partial charge >= 0.3 is 0 Å². The lowest BCUT2D eigenvalue weighted by Gasteiger charge is -2.14. The molecule has 0 saturated carbocycles. The van der Waals surface area contributed by atoms with Crippen molar-refractivity contribution in [2.75, 3.05) is 14.2 Å². The number of hydrogen-bond donors (Lipinski definition) is 0. The highest BCUT2D eigenvalue weighted by molar-refractivity contribution is 5.49. The minimum Gasteiger partial charge on any atom is -0.496 e. The van der Waals surface area contributed by atoms with Crippen molar-refractivity contribution in [1.82, 2.24) is 0 Å². The zero-order chi connectivity index (χ0) is 17.2. The maximum absolute atomic E-state index is 5.60. The molecule has 2 nitrogen and oxygen atoms in total. The minimum atomic E-state index is 0.847. The fourth-order valence-electron chi connectivity index (χ4n) is 2.64. The van der Waals surface area contributed by atoms with E-state index >= 15 is 0 Å². The normalized spacial score (nSPS) is 11.3. The second kappa shape index (κ2) is 10.1.